The molecule has 1 aromatic carbocycles. The van der Waals surface area contributed by atoms with E-state index in [9.17, 15) is 14.9 Å². The van der Waals surface area contributed by atoms with Gasteiger partial charge < -0.3 is 9.80 Å². The number of nitro groups is 1. The molecular weight excluding hydrogens is 350 g/mol. The van der Waals surface area contributed by atoms with Gasteiger partial charge in [-0.25, -0.2) is 0 Å². The summed E-state index contributed by atoms with van der Waals surface area (Å²) in [5.41, 5.74) is 1.05. The summed E-state index contributed by atoms with van der Waals surface area (Å²) in [7, 11) is 0. The molecule has 6 nitrogen and oxygen atoms in total. The molecule has 2 heterocycles. The van der Waals surface area contributed by atoms with E-state index in [0.717, 1.165) is 31.7 Å². The van der Waals surface area contributed by atoms with Crippen molar-refractivity contribution >= 4 is 35.8 Å². The Labute approximate surface area is 152 Å². The molecule has 0 aliphatic carbocycles. The van der Waals surface area contributed by atoms with E-state index in [0.29, 0.717) is 5.75 Å². The van der Waals surface area contributed by atoms with Crippen LogP contribution in [0.5, 0.6) is 0 Å². The van der Waals surface area contributed by atoms with E-state index < -0.39 is 4.92 Å². The van der Waals surface area contributed by atoms with Gasteiger partial charge in [0.05, 0.1) is 10.7 Å². The highest BCUT2D eigenvalue weighted by molar-refractivity contribution is 8.00. The van der Waals surface area contributed by atoms with Gasteiger partial charge >= 0.3 is 0 Å². The van der Waals surface area contributed by atoms with Gasteiger partial charge in [-0.15, -0.1) is 24.2 Å². The summed E-state index contributed by atoms with van der Waals surface area (Å²) in [4.78, 5) is 26.9. The Balaban J connectivity index is 0.00000208. The molecule has 1 unspecified atom stereocenters. The molecule has 1 amide bonds. The molecule has 2 aliphatic rings. The largest absolute Gasteiger partial charge is 0.325 e. The second-order valence-electron chi connectivity index (χ2n) is 6.00. The molecule has 8 heteroatoms. The van der Waals surface area contributed by atoms with Gasteiger partial charge in [-0.2, -0.15) is 0 Å². The Hall–Kier alpha value is -1.31. The highest BCUT2D eigenvalue weighted by atomic mass is 35.5. The summed E-state index contributed by atoms with van der Waals surface area (Å²) in [5, 5.41) is 10.7. The van der Waals surface area contributed by atoms with Crippen molar-refractivity contribution in [3.63, 3.8) is 0 Å². The standard InChI is InChI=1S/C16H21N3O3S.ClH/c20-15-12-23-16(13-4-6-14(7-5-13)19(21)22)18(15)11-10-17-8-2-1-3-9-17;/h4-7,16H,1-3,8-12H2;1H. The van der Waals surface area contributed by atoms with Crippen LogP contribution in [0.4, 0.5) is 5.69 Å². The lowest BCUT2D eigenvalue weighted by molar-refractivity contribution is -0.384. The summed E-state index contributed by atoms with van der Waals surface area (Å²) in [5.74, 6) is 0.650. The van der Waals surface area contributed by atoms with Crippen LogP contribution in [0.25, 0.3) is 0 Å². The van der Waals surface area contributed by atoms with E-state index >= 15 is 0 Å². The van der Waals surface area contributed by atoms with E-state index in [1.807, 2.05) is 4.90 Å². The lowest BCUT2D eigenvalue weighted by Gasteiger charge is -2.30. The lowest BCUT2D eigenvalue weighted by Crippen LogP contribution is -2.39. The number of thioether (sulfide) groups is 1. The first-order valence-electron chi connectivity index (χ1n) is 8.03. The zero-order chi connectivity index (χ0) is 16.2. The first-order chi connectivity index (χ1) is 11.1. The summed E-state index contributed by atoms with van der Waals surface area (Å²) in [6.45, 7) is 3.89. The number of non-ortho nitro benzene ring substituents is 1. The second-order valence-corrected chi connectivity index (χ2v) is 7.07. The molecular formula is C16H22ClN3O3S. The molecule has 132 valence electrons. The summed E-state index contributed by atoms with van der Waals surface area (Å²) in [6.07, 6.45) is 3.80. The van der Waals surface area contributed by atoms with Crippen molar-refractivity contribution in [2.45, 2.75) is 24.6 Å². The van der Waals surface area contributed by atoms with Crippen LogP contribution in [0.15, 0.2) is 24.3 Å². The van der Waals surface area contributed by atoms with Gasteiger partial charge in [0.1, 0.15) is 5.37 Å². The van der Waals surface area contributed by atoms with Crippen LogP contribution in [0.2, 0.25) is 0 Å². The maximum Gasteiger partial charge on any atom is 0.269 e. The van der Waals surface area contributed by atoms with Crippen LogP contribution in [0.1, 0.15) is 30.2 Å². The number of piperidine rings is 1. The van der Waals surface area contributed by atoms with E-state index in [1.165, 1.54) is 31.4 Å². The quantitative estimate of drug-likeness (QED) is 0.587. The minimum Gasteiger partial charge on any atom is -0.325 e. The highest BCUT2D eigenvalue weighted by Gasteiger charge is 2.33. The van der Waals surface area contributed by atoms with Crippen LogP contribution < -0.4 is 0 Å². The van der Waals surface area contributed by atoms with Crippen LogP contribution in [-0.2, 0) is 4.79 Å². The minimum atomic E-state index is -0.398. The predicted molar refractivity (Wildman–Crippen MR) is 97.5 cm³/mol. The smallest absolute Gasteiger partial charge is 0.269 e. The van der Waals surface area contributed by atoms with Crippen LogP contribution in [0.3, 0.4) is 0 Å². The molecule has 2 saturated heterocycles. The molecule has 0 radical (unpaired) electrons. The molecule has 24 heavy (non-hydrogen) atoms. The van der Waals surface area contributed by atoms with Gasteiger partial charge in [0.2, 0.25) is 5.91 Å². The minimum absolute atomic E-state index is 0. The molecule has 0 saturated carbocycles. The van der Waals surface area contributed by atoms with Crippen LogP contribution in [-0.4, -0.2) is 52.6 Å². The van der Waals surface area contributed by atoms with Gasteiger partial charge in [0.15, 0.2) is 0 Å². The van der Waals surface area contributed by atoms with Gasteiger partial charge in [-0.3, -0.25) is 14.9 Å². The lowest BCUT2D eigenvalue weighted by atomic mass is 10.1. The van der Waals surface area contributed by atoms with Crippen molar-refractivity contribution in [3.8, 4) is 0 Å². The average Bonchev–Trinajstić information content (AvgIpc) is 2.95. The number of halogens is 1. The number of nitro benzene ring substituents is 1. The molecule has 0 bridgehead atoms. The fraction of sp³-hybridized carbons (Fsp3) is 0.562. The third kappa shape index (κ3) is 4.40. The normalized spacial score (nSPS) is 21.6. The monoisotopic (exact) mass is 371 g/mol. The fourth-order valence-corrected chi connectivity index (χ4v) is 4.38. The van der Waals surface area contributed by atoms with Crippen molar-refractivity contribution in [1.29, 1.82) is 0 Å². The first-order valence-corrected chi connectivity index (χ1v) is 9.08. The molecule has 2 fully saturated rings. The number of likely N-dealkylation sites (tertiary alicyclic amines) is 1. The summed E-state index contributed by atoms with van der Waals surface area (Å²) < 4.78 is 0. The van der Waals surface area contributed by atoms with Crippen molar-refractivity contribution in [2.24, 2.45) is 0 Å². The predicted octanol–water partition coefficient (Wildman–Crippen LogP) is 3.08. The fourth-order valence-electron chi connectivity index (χ4n) is 3.16. The maximum atomic E-state index is 12.2. The van der Waals surface area contributed by atoms with Gasteiger partial charge in [-0.1, -0.05) is 6.42 Å². The van der Waals surface area contributed by atoms with Crippen LogP contribution >= 0.6 is 24.2 Å². The molecule has 1 atom stereocenters. The van der Waals surface area contributed by atoms with E-state index in [1.54, 1.807) is 23.9 Å². The van der Waals surface area contributed by atoms with E-state index in [-0.39, 0.29) is 29.4 Å². The Morgan fingerprint density at radius 2 is 1.79 bits per heavy atom. The maximum absolute atomic E-state index is 12.2. The number of amides is 1. The Kier molecular flexibility index (Phi) is 6.89. The van der Waals surface area contributed by atoms with Crippen molar-refractivity contribution in [2.75, 3.05) is 31.9 Å². The Morgan fingerprint density at radius 3 is 2.42 bits per heavy atom. The molecule has 0 spiro atoms. The number of hydrogen-bond acceptors (Lipinski definition) is 5. The van der Waals surface area contributed by atoms with Crippen molar-refractivity contribution < 1.29 is 9.72 Å². The van der Waals surface area contributed by atoms with Gasteiger partial charge in [0, 0.05) is 25.2 Å². The Morgan fingerprint density at radius 1 is 1.12 bits per heavy atom. The topological polar surface area (TPSA) is 66.7 Å². The summed E-state index contributed by atoms with van der Waals surface area (Å²) >= 11 is 1.60. The van der Waals surface area contributed by atoms with E-state index in [4.69, 9.17) is 0 Å². The number of carbonyl (C=O) groups excluding carboxylic acids is 1. The summed E-state index contributed by atoms with van der Waals surface area (Å²) in [6, 6.07) is 6.56. The number of rotatable bonds is 5. The van der Waals surface area contributed by atoms with E-state index in [2.05, 4.69) is 4.90 Å². The Bertz CT molecular complexity index is 578. The molecule has 2 aliphatic heterocycles. The zero-order valence-corrected chi connectivity index (χ0v) is 15.1. The average molecular weight is 372 g/mol. The van der Waals surface area contributed by atoms with Crippen LogP contribution in [0, 0.1) is 10.1 Å². The molecule has 0 N–H and O–H groups in total. The second kappa shape index (κ2) is 8.69. The third-order valence-corrected chi connectivity index (χ3v) is 5.72. The first kappa shape index (κ1) is 19.0. The molecule has 1 aromatic rings. The van der Waals surface area contributed by atoms with Gasteiger partial charge in [0.25, 0.3) is 5.69 Å². The third-order valence-electron chi connectivity index (χ3n) is 4.46. The molecule has 0 aromatic heterocycles. The number of benzene rings is 1. The van der Waals surface area contributed by atoms with Crippen molar-refractivity contribution in [1.82, 2.24) is 9.80 Å². The zero-order valence-electron chi connectivity index (χ0n) is 13.4. The number of nitrogens with zero attached hydrogens (tertiary/aromatic N) is 3. The highest BCUT2D eigenvalue weighted by Crippen LogP contribution is 2.38. The number of carbonyl (C=O) groups is 1. The van der Waals surface area contributed by atoms with Crippen molar-refractivity contribution in [3.05, 3.63) is 39.9 Å². The number of hydrogen-bond donors (Lipinski definition) is 0. The molecule has 3 rings (SSSR count). The van der Waals surface area contributed by atoms with Gasteiger partial charge in [-0.05, 0) is 43.6 Å². The SMILES string of the molecule is Cl.O=C1CSC(c2ccc([N+](=O)[O-])cc2)N1CCN1CCCCC1.